The van der Waals surface area contributed by atoms with E-state index in [-0.39, 0.29) is 17.3 Å². The Labute approximate surface area is 137 Å². The molecule has 6 heteroatoms. The Morgan fingerprint density at radius 1 is 1.39 bits per heavy atom. The van der Waals surface area contributed by atoms with E-state index in [0.29, 0.717) is 43.6 Å². The highest BCUT2D eigenvalue weighted by Crippen LogP contribution is 2.26. The summed E-state index contributed by atoms with van der Waals surface area (Å²) < 4.78 is 19.2. The molecule has 2 heterocycles. The lowest BCUT2D eigenvalue weighted by molar-refractivity contribution is -0.148. The smallest absolute Gasteiger partial charge is 0.309 e. The Balaban J connectivity index is 1.81. The fraction of sp³-hybridized carbons (Fsp3) is 0.412. The Morgan fingerprint density at radius 3 is 2.83 bits per heavy atom. The van der Waals surface area contributed by atoms with Crippen LogP contribution in [0.25, 0.3) is 10.1 Å². The molecule has 0 spiro atoms. The van der Waals surface area contributed by atoms with Crippen molar-refractivity contribution < 1.29 is 13.9 Å². The van der Waals surface area contributed by atoms with Crippen molar-refractivity contribution in [3.63, 3.8) is 0 Å². The van der Waals surface area contributed by atoms with Gasteiger partial charge < -0.3 is 9.64 Å². The second kappa shape index (κ2) is 6.66. The summed E-state index contributed by atoms with van der Waals surface area (Å²) in [4.78, 5) is 26.4. The van der Waals surface area contributed by atoms with Crippen molar-refractivity contribution in [2.45, 2.75) is 19.8 Å². The van der Waals surface area contributed by atoms with Crippen LogP contribution < -0.4 is 10.3 Å². The molecular weight excluding hydrogens is 317 g/mol. The molecule has 1 aliphatic rings. The van der Waals surface area contributed by atoms with Crippen LogP contribution in [-0.4, -0.2) is 25.7 Å². The van der Waals surface area contributed by atoms with Gasteiger partial charge in [-0.2, -0.15) is 0 Å². The van der Waals surface area contributed by atoms with Gasteiger partial charge in [-0.05, 0) is 38.0 Å². The maximum absolute atomic E-state index is 13.4. The number of fused-ring (bicyclic) bond motifs is 1. The molecule has 0 amide bonds. The summed E-state index contributed by atoms with van der Waals surface area (Å²) >= 11 is 1.44. The zero-order valence-electron chi connectivity index (χ0n) is 12.9. The maximum atomic E-state index is 13.4. The SMILES string of the molecule is CCOC(=O)C1CCN(c2csc3ccc(F)cc3c2=O)CC1. The van der Waals surface area contributed by atoms with Gasteiger partial charge >= 0.3 is 5.97 Å². The normalized spacial score (nSPS) is 15.8. The molecule has 0 bridgehead atoms. The molecule has 1 aromatic carbocycles. The van der Waals surface area contributed by atoms with Crippen molar-refractivity contribution >= 4 is 33.1 Å². The van der Waals surface area contributed by atoms with Crippen molar-refractivity contribution in [3.8, 4) is 0 Å². The lowest BCUT2D eigenvalue weighted by Crippen LogP contribution is -2.38. The third-order valence-electron chi connectivity index (χ3n) is 4.17. The topological polar surface area (TPSA) is 46.6 Å². The molecular formula is C17H18FNO3S. The Bertz CT molecular complexity index is 781. The first-order chi connectivity index (χ1) is 11.1. The van der Waals surface area contributed by atoms with Crippen molar-refractivity contribution in [1.82, 2.24) is 0 Å². The number of carbonyl (C=O) groups is 1. The van der Waals surface area contributed by atoms with E-state index in [1.54, 1.807) is 13.0 Å². The molecule has 0 aliphatic carbocycles. The number of hydrogen-bond acceptors (Lipinski definition) is 5. The van der Waals surface area contributed by atoms with E-state index >= 15 is 0 Å². The van der Waals surface area contributed by atoms with Crippen LogP contribution in [-0.2, 0) is 9.53 Å². The second-order valence-corrected chi connectivity index (χ2v) is 6.52. The van der Waals surface area contributed by atoms with Crippen LogP contribution in [0.4, 0.5) is 10.1 Å². The van der Waals surface area contributed by atoms with Gasteiger partial charge in [0.2, 0.25) is 5.43 Å². The van der Waals surface area contributed by atoms with Crippen LogP contribution >= 0.6 is 11.3 Å². The Hall–Kier alpha value is -1.95. The number of nitrogens with zero attached hydrogens (tertiary/aromatic N) is 1. The van der Waals surface area contributed by atoms with E-state index in [0.717, 1.165) is 4.70 Å². The number of anilines is 1. The molecule has 0 radical (unpaired) electrons. The number of esters is 1. The number of hydrogen-bond donors (Lipinski definition) is 0. The maximum Gasteiger partial charge on any atom is 0.309 e. The third-order valence-corrected chi connectivity index (χ3v) is 5.12. The van der Waals surface area contributed by atoms with Gasteiger partial charge in [0.25, 0.3) is 0 Å². The molecule has 1 aromatic heterocycles. The van der Waals surface area contributed by atoms with Gasteiger partial charge in [-0.15, -0.1) is 11.3 Å². The van der Waals surface area contributed by atoms with Gasteiger partial charge in [-0.3, -0.25) is 9.59 Å². The van der Waals surface area contributed by atoms with E-state index in [1.165, 1.54) is 23.5 Å². The highest BCUT2D eigenvalue weighted by molar-refractivity contribution is 7.16. The lowest BCUT2D eigenvalue weighted by Gasteiger charge is -2.32. The quantitative estimate of drug-likeness (QED) is 0.808. The first-order valence-electron chi connectivity index (χ1n) is 7.72. The third kappa shape index (κ3) is 3.22. The molecule has 0 saturated carbocycles. The Kier molecular flexibility index (Phi) is 4.61. The Morgan fingerprint density at radius 2 is 2.13 bits per heavy atom. The summed E-state index contributed by atoms with van der Waals surface area (Å²) in [5, 5.41) is 2.24. The van der Waals surface area contributed by atoms with Crippen LogP contribution in [0.2, 0.25) is 0 Å². The zero-order valence-corrected chi connectivity index (χ0v) is 13.7. The number of rotatable bonds is 3. The number of benzene rings is 1. The van der Waals surface area contributed by atoms with Crippen molar-refractivity contribution in [2.24, 2.45) is 5.92 Å². The highest BCUT2D eigenvalue weighted by Gasteiger charge is 2.27. The average Bonchev–Trinajstić information content (AvgIpc) is 2.56. The zero-order chi connectivity index (χ0) is 16.4. The standard InChI is InChI=1S/C17H18FNO3S/c1-2-22-17(21)11-5-7-19(8-6-11)14-10-23-15-4-3-12(18)9-13(15)16(14)20/h3-4,9-11H,2,5-8H2,1H3. The number of carbonyl (C=O) groups excluding carboxylic acids is 1. The van der Waals surface area contributed by atoms with Gasteiger partial charge in [0.1, 0.15) is 5.82 Å². The molecule has 1 saturated heterocycles. The van der Waals surface area contributed by atoms with Gasteiger partial charge in [0.05, 0.1) is 18.2 Å². The minimum atomic E-state index is -0.403. The first-order valence-corrected chi connectivity index (χ1v) is 8.60. The summed E-state index contributed by atoms with van der Waals surface area (Å²) in [6, 6.07) is 4.29. The van der Waals surface area contributed by atoms with Gasteiger partial charge in [-0.1, -0.05) is 0 Å². The molecule has 2 aromatic rings. The average molecular weight is 335 g/mol. The number of halogens is 1. The summed E-state index contributed by atoms with van der Waals surface area (Å²) in [5.74, 6) is -0.652. The molecule has 4 nitrogen and oxygen atoms in total. The lowest BCUT2D eigenvalue weighted by atomic mass is 9.97. The summed E-state index contributed by atoms with van der Waals surface area (Å²) in [7, 11) is 0. The van der Waals surface area contributed by atoms with Crippen molar-refractivity contribution in [1.29, 1.82) is 0 Å². The highest BCUT2D eigenvalue weighted by atomic mass is 32.1. The van der Waals surface area contributed by atoms with E-state index in [1.807, 2.05) is 10.3 Å². The molecule has 1 aliphatic heterocycles. The summed E-state index contributed by atoms with van der Waals surface area (Å²) in [6.07, 6.45) is 1.34. The summed E-state index contributed by atoms with van der Waals surface area (Å²) in [5.41, 5.74) is 0.447. The van der Waals surface area contributed by atoms with Crippen LogP contribution in [0.5, 0.6) is 0 Å². The second-order valence-electron chi connectivity index (χ2n) is 5.60. The number of piperidine rings is 1. The van der Waals surface area contributed by atoms with E-state index in [4.69, 9.17) is 4.74 Å². The molecule has 3 rings (SSSR count). The van der Waals surface area contributed by atoms with Gasteiger partial charge in [0, 0.05) is 28.6 Å². The number of ether oxygens (including phenoxy) is 1. The van der Waals surface area contributed by atoms with E-state index in [9.17, 15) is 14.0 Å². The van der Waals surface area contributed by atoms with Crippen LogP contribution in [0.15, 0.2) is 28.4 Å². The van der Waals surface area contributed by atoms with Gasteiger partial charge in [0.15, 0.2) is 0 Å². The minimum absolute atomic E-state index is 0.0946. The predicted molar refractivity (Wildman–Crippen MR) is 89.6 cm³/mol. The molecule has 23 heavy (non-hydrogen) atoms. The van der Waals surface area contributed by atoms with E-state index in [2.05, 4.69) is 0 Å². The fourth-order valence-corrected chi connectivity index (χ4v) is 3.85. The van der Waals surface area contributed by atoms with Crippen molar-refractivity contribution in [2.75, 3.05) is 24.6 Å². The summed E-state index contributed by atoms with van der Waals surface area (Å²) in [6.45, 7) is 3.45. The molecule has 0 N–H and O–H groups in total. The molecule has 122 valence electrons. The molecule has 0 unspecified atom stereocenters. The minimum Gasteiger partial charge on any atom is -0.466 e. The van der Waals surface area contributed by atoms with E-state index < -0.39 is 5.82 Å². The first kappa shape index (κ1) is 15.9. The predicted octanol–water partition coefficient (Wildman–Crippen LogP) is 3.18. The fourth-order valence-electron chi connectivity index (χ4n) is 2.93. The van der Waals surface area contributed by atoms with Crippen LogP contribution in [0.3, 0.4) is 0 Å². The largest absolute Gasteiger partial charge is 0.466 e. The van der Waals surface area contributed by atoms with Crippen LogP contribution in [0, 0.1) is 11.7 Å². The molecule has 0 atom stereocenters. The van der Waals surface area contributed by atoms with Crippen molar-refractivity contribution in [3.05, 3.63) is 39.6 Å². The monoisotopic (exact) mass is 335 g/mol. The van der Waals surface area contributed by atoms with Crippen LogP contribution in [0.1, 0.15) is 19.8 Å². The molecule has 1 fully saturated rings. The van der Waals surface area contributed by atoms with Gasteiger partial charge in [-0.25, -0.2) is 4.39 Å².